The molecule has 0 saturated carbocycles. The summed E-state index contributed by atoms with van der Waals surface area (Å²) in [6, 6.07) is 0.123. The first-order valence-corrected chi connectivity index (χ1v) is 60.2. The Kier molecular flexibility index (Phi) is 22.2. The average Bonchev–Trinajstić information content (AvgIpc) is 2.75. The molecule has 0 rings (SSSR count). The molecule has 0 spiro atoms. The SMILES string of the molecule is C[Si](C)(C)O[Si](C)(C)O[Si](C)(C)O[Si](C)(C)O[Si](C)(C)O[Si](C)(C)O[Si](C)(C)O[Si](C)(C)O[Si](C)(C)O[Si](C)(C)O[Si](C)(C)O[Si](C)(C)O[Si](C)(C)O[Si](O)(O)CCCN. The number of rotatable bonds is 29. The van der Waals surface area contributed by atoms with Gasteiger partial charge in [-0.25, -0.2) is 0 Å². The zero-order valence-electron chi connectivity index (χ0n) is 42.9. The van der Waals surface area contributed by atoms with Crippen LogP contribution in [-0.2, 0) is 53.5 Å². The molecule has 0 aromatic carbocycles. The minimum Gasteiger partial charge on any atom is -0.437 e. The number of hydrogen-bond acceptors (Lipinski definition) is 16. The van der Waals surface area contributed by atoms with Gasteiger partial charge in [0.1, 0.15) is 0 Å². The van der Waals surface area contributed by atoms with Crippen LogP contribution in [0.2, 0.25) is 183 Å². The Labute approximate surface area is 382 Å². The highest BCUT2D eigenvalue weighted by Gasteiger charge is 2.52. The van der Waals surface area contributed by atoms with Crippen molar-refractivity contribution in [3.05, 3.63) is 0 Å². The number of nitrogens with two attached hydrogens (primary N) is 1. The van der Waals surface area contributed by atoms with Crippen molar-refractivity contribution in [2.24, 2.45) is 5.73 Å². The van der Waals surface area contributed by atoms with E-state index >= 15 is 0 Å². The first-order chi connectivity index (χ1) is 25.8. The smallest absolute Gasteiger partial charge is 0.437 e. The Hall–Kier alpha value is 2.40. The van der Waals surface area contributed by atoms with Gasteiger partial charge < -0.3 is 68.8 Å². The summed E-state index contributed by atoms with van der Waals surface area (Å²) in [5, 5.41) is 0. The van der Waals surface area contributed by atoms with Crippen LogP contribution >= 0.6 is 0 Å². The monoisotopic (exact) mass is 1100 g/mol. The molecular weight excluding hydrogens is 1010 g/mol. The maximum Gasteiger partial charge on any atom is 0.486 e. The second-order valence-corrected chi connectivity index (χ2v) is 72.3. The highest BCUT2D eigenvalue weighted by atomic mass is 28.5. The van der Waals surface area contributed by atoms with Crippen LogP contribution in [0.25, 0.3) is 0 Å². The fourth-order valence-electron chi connectivity index (χ4n) is 8.28. The van der Waals surface area contributed by atoms with Crippen molar-refractivity contribution in [1.82, 2.24) is 0 Å². The molecule has 0 aliphatic carbocycles. The van der Waals surface area contributed by atoms with E-state index < -0.39 is 120 Å². The van der Waals surface area contributed by atoms with E-state index in [1.807, 2.05) is 105 Å². The second-order valence-electron chi connectivity index (χ2n) is 21.9. The fraction of sp³-hybridized carbons (Fsp3) is 1.00. The molecule has 4 N–H and O–H groups in total. The van der Waals surface area contributed by atoms with Gasteiger partial charge in [-0.2, -0.15) is 0 Å². The van der Waals surface area contributed by atoms with Gasteiger partial charge in [0.25, 0.3) is 0 Å². The van der Waals surface area contributed by atoms with Gasteiger partial charge in [0, 0.05) is 6.04 Å². The Balaban J connectivity index is 5.65. The predicted octanol–water partition coefficient (Wildman–Crippen LogP) is 8.73. The summed E-state index contributed by atoms with van der Waals surface area (Å²) in [5.74, 6) is 0. The van der Waals surface area contributed by atoms with Crippen LogP contribution in [-0.4, -0.2) is 136 Å². The van der Waals surface area contributed by atoms with E-state index in [1.165, 1.54) is 0 Å². The lowest BCUT2D eigenvalue weighted by Gasteiger charge is -2.45. The molecular formula is C30H91NO15Si14. The van der Waals surface area contributed by atoms with E-state index in [0.29, 0.717) is 13.0 Å². The lowest BCUT2D eigenvalue weighted by molar-refractivity contribution is 0.203. The van der Waals surface area contributed by atoms with Gasteiger partial charge in [0.2, 0.25) is 0 Å². The van der Waals surface area contributed by atoms with Crippen LogP contribution in [0, 0.1) is 0 Å². The topological polar surface area (TPSA) is 186 Å². The summed E-state index contributed by atoms with van der Waals surface area (Å²) in [6.45, 7) is 55.1. The standard InChI is InChI=1S/C30H91NO15Si14/c1-47(2,3)34-48(4,5)35-49(6,7)36-50(8,9)37-51(10,11)38-52(12,13)39-53(14,15)40-54(16,17)41-55(18,19)42-56(20,21)43-57(22,23)44-58(24,25)45-59(26,27)46-60(32,33)30-28-29-31/h32-33H,28-31H2,1-27H3. The molecule has 0 aliphatic heterocycles. The maximum atomic E-state index is 10.5. The largest absolute Gasteiger partial charge is 0.486 e. The third-order valence-electron chi connectivity index (χ3n) is 7.08. The van der Waals surface area contributed by atoms with Crippen LogP contribution in [0.5, 0.6) is 0 Å². The normalized spacial score (nSPS) is 15.9. The second kappa shape index (κ2) is 21.4. The van der Waals surface area contributed by atoms with E-state index in [1.54, 1.807) is 13.1 Å². The summed E-state index contributed by atoms with van der Waals surface area (Å²) in [5.41, 5.74) is 5.57. The summed E-state index contributed by atoms with van der Waals surface area (Å²) >= 11 is 0. The molecule has 60 heavy (non-hydrogen) atoms. The predicted molar refractivity (Wildman–Crippen MR) is 276 cm³/mol. The minimum absolute atomic E-state index is 0.123. The number of hydrogen-bond donors (Lipinski definition) is 3. The van der Waals surface area contributed by atoms with E-state index in [0.717, 1.165) is 0 Å². The Morgan fingerprint density at radius 3 is 0.567 bits per heavy atom. The summed E-state index contributed by atoms with van der Waals surface area (Å²) < 4.78 is 86.3. The molecule has 0 unspecified atom stereocenters. The van der Waals surface area contributed by atoms with Gasteiger partial charge in [0.05, 0.1) is 0 Å². The highest BCUT2D eigenvalue weighted by molar-refractivity contribution is 6.94. The lowest BCUT2D eigenvalue weighted by atomic mass is 10.5. The van der Waals surface area contributed by atoms with Crippen molar-refractivity contribution in [2.45, 2.75) is 189 Å². The fourth-order valence-corrected chi connectivity index (χ4v) is 77.0. The molecule has 0 atom stereocenters. The first kappa shape index (κ1) is 62.4. The zero-order chi connectivity index (χ0) is 48.3. The van der Waals surface area contributed by atoms with E-state index in [2.05, 4.69) is 58.9 Å². The molecule has 0 fully saturated rings. The molecule has 0 aromatic rings. The van der Waals surface area contributed by atoms with E-state index in [4.69, 9.17) is 59.2 Å². The quantitative estimate of drug-likeness (QED) is 0.0603. The van der Waals surface area contributed by atoms with Crippen molar-refractivity contribution in [3.8, 4) is 0 Å². The third-order valence-corrected chi connectivity index (χ3v) is 59.0. The van der Waals surface area contributed by atoms with Gasteiger partial charge in [-0.1, -0.05) is 0 Å². The molecule has 0 amide bonds. The molecule has 362 valence electrons. The Morgan fingerprint density at radius 2 is 0.417 bits per heavy atom. The molecule has 16 nitrogen and oxygen atoms in total. The maximum absolute atomic E-state index is 10.5. The minimum atomic E-state index is -3.91. The summed E-state index contributed by atoms with van der Waals surface area (Å²) in [7, 11) is -38.8. The molecule has 0 aliphatic rings. The first-order valence-electron chi connectivity index (χ1n) is 21.0. The molecule has 0 saturated heterocycles. The molecule has 0 radical (unpaired) electrons. The van der Waals surface area contributed by atoms with Crippen molar-refractivity contribution >= 4 is 120 Å². The van der Waals surface area contributed by atoms with Gasteiger partial charge in [0.15, 0.2) is 8.32 Å². The molecule has 0 heterocycles. The van der Waals surface area contributed by atoms with Crippen LogP contribution < -0.4 is 5.73 Å². The van der Waals surface area contributed by atoms with Crippen molar-refractivity contribution < 1.29 is 63.1 Å². The molecule has 0 aromatic heterocycles. The van der Waals surface area contributed by atoms with Crippen molar-refractivity contribution in [2.75, 3.05) is 6.54 Å². The summed E-state index contributed by atoms with van der Waals surface area (Å²) in [6.07, 6.45) is 0.463. The van der Waals surface area contributed by atoms with Gasteiger partial charge in [-0.15, -0.1) is 0 Å². The van der Waals surface area contributed by atoms with Gasteiger partial charge in [-0.05, 0) is 190 Å². The third kappa shape index (κ3) is 29.2. The molecule has 30 heteroatoms. The van der Waals surface area contributed by atoms with Gasteiger partial charge in [-0.3, -0.25) is 0 Å². The van der Waals surface area contributed by atoms with Crippen LogP contribution in [0.15, 0.2) is 0 Å². The van der Waals surface area contributed by atoms with Crippen LogP contribution in [0.1, 0.15) is 6.42 Å². The summed E-state index contributed by atoms with van der Waals surface area (Å²) in [4.78, 5) is 21.0. The zero-order valence-corrected chi connectivity index (χ0v) is 56.9. The van der Waals surface area contributed by atoms with Crippen LogP contribution in [0.4, 0.5) is 0 Å². The van der Waals surface area contributed by atoms with E-state index in [-0.39, 0.29) is 6.04 Å². The lowest BCUT2D eigenvalue weighted by Crippen LogP contribution is -2.63. The van der Waals surface area contributed by atoms with Crippen molar-refractivity contribution in [1.29, 1.82) is 0 Å². The highest BCUT2D eigenvalue weighted by Crippen LogP contribution is 2.32. The molecule has 0 bridgehead atoms. The Morgan fingerprint density at radius 1 is 0.267 bits per heavy atom. The average molecular weight is 1100 g/mol. The van der Waals surface area contributed by atoms with Crippen LogP contribution in [0.3, 0.4) is 0 Å². The van der Waals surface area contributed by atoms with Crippen molar-refractivity contribution in [3.63, 3.8) is 0 Å². The van der Waals surface area contributed by atoms with Gasteiger partial charge >= 0.3 is 112 Å². The Bertz CT molecular complexity index is 1360. The van der Waals surface area contributed by atoms with E-state index in [9.17, 15) is 9.59 Å².